The number of nitrogens with zero attached hydrogens (tertiary/aromatic N) is 7. The van der Waals surface area contributed by atoms with Gasteiger partial charge >= 0.3 is 18.3 Å². The van der Waals surface area contributed by atoms with Crippen molar-refractivity contribution in [3.05, 3.63) is 36.4 Å². The molecule has 3 saturated heterocycles. The van der Waals surface area contributed by atoms with Gasteiger partial charge in [-0.05, 0) is 153 Å². The smallest absolute Gasteiger partial charge is 0.410 e. The zero-order chi connectivity index (χ0) is 46.3. The number of carbonyl (C=O) groups is 3. The monoisotopic (exact) mass is 894 g/mol. The Morgan fingerprint density at radius 3 is 1.42 bits per heavy atom. The second-order valence-electron chi connectivity index (χ2n) is 19.8. The van der Waals surface area contributed by atoms with Gasteiger partial charge in [0.15, 0.2) is 0 Å². The van der Waals surface area contributed by atoms with Gasteiger partial charge in [0.2, 0.25) is 0 Å². The third-order valence-corrected chi connectivity index (χ3v) is 11.2. The molecular formula is C45H79N7O9S. The minimum atomic E-state index is -3.43. The molecule has 3 aliphatic rings. The second kappa shape index (κ2) is 23.7. The number of aryl methyl sites for hydroxylation is 4. The van der Waals surface area contributed by atoms with E-state index in [9.17, 15) is 22.8 Å². The van der Waals surface area contributed by atoms with Crippen LogP contribution in [0.1, 0.15) is 151 Å². The number of ether oxygens (including phenoxy) is 3. The standard InChI is InChI=1S/2C16H27N3O2.C13H25NO5S/c1-13-11-18(12-17-13)10-8-14-7-5-6-9-19(14)15(20)21-16(2,3)4;1-13-11-17-12-18(13)10-8-14-7-5-6-9-19(14)15(20)21-16(2,3)4;1-13(2,3)19-12(15)14-9-6-5-7-11(14)8-10-18-20(4,16)17/h2*11-12,14H,5-10H2,1-4H3;11H,5-10H2,1-4H3. The molecule has 3 aliphatic heterocycles. The van der Waals surface area contributed by atoms with Gasteiger partial charge in [-0.25, -0.2) is 24.4 Å². The third-order valence-electron chi connectivity index (χ3n) is 10.6. The molecule has 3 atom stereocenters. The Morgan fingerprint density at radius 1 is 0.645 bits per heavy atom. The fraction of sp³-hybridized carbons (Fsp3) is 0.800. The first kappa shape index (κ1) is 52.5. The summed E-state index contributed by atoms with van der Waals surface area (Å²) < 4.78 is 47.3. The maximum atomic E-state index is 12.3. The highest BCUT2D eigenvalue weighted by molar-refractivity contribution is 7.85. The predicted octanol–water partition coefficient (Wildman–Crippen LogP) is 8.88. The number of hydrogen-bond donors (Lipinski definition) is 0. The Morgan fingerprint density at radius 2 is 1.06 bits per heavy atom. The van der Waals surface area contributed by atoms with Crippen molar-refractivity contribution in [2.45, 2.75) is 201 Å². The van der Waals surface area contributed by atoms with Crippen LogP contribution in [0.15, 0.2) is 25.0 Å². The van der Waals surface area contributed by atoms with E-state index in [1.807, 2.05) is 104 Å². The van der Waals surface area contributed by atoms with Crippen LogP contribution in [0.2, 0.25) is 0 Å². The molecule has 0 aliphatic carbocycles. The highest BCUT2D eigenvalue weighted by atomic mass is 32.2. The van der Waals surface area contributed by atoms with Crippen LogP contribution < -0.4 is 0 Å². The van der Waals surface area contributed by atoms with Crippen molar-refractivity contribution in [2.24, 2.45) is 0 Å². The van der Waals surface area contributed by atoms with E-state index in [-0.39, 0.29) is 43.0 Å². The summed E-state index contributed by atoms with van der Waals surface area (Å²) in [5.74, 6) is 0. The number of aromatic nitrogens is 4. The van der Waals surface area contributed by atoms with Crippen molar-refractivity contribution in [1.82, 2.24) is 33.8 Å². The zero-order valence-electron chi connectivity index (χ0n) is 40.0. The lowest BCUT2D eigenvalue weighted by atomic mass is 10.00. The Balaban J connectivity index is 0.000000248. The van der Waals surface area contributed by atoms with Gasteiger partial charge < -0.3 is 38.0 Å². The molecule has 2 aromatic rings. The number of hydrogen-bond acceptors (Lipinski definition) is 11. The number of piperidine rings is 3. The Hall–Kier alpha value is -3.86. The molecular weight excluding hydrogens is 815 g/mol. The van der Waals surface area contributed by atoms with Crippen molar-refractivity contribution in [1.29, 1.82) is 0 Å². The van der Waals surface area contributed by atoms with Gasteiger partial charge in [0, 0.05) is 68.9 Å². The second-order valence-corrected chi connectivity index (χ2v) is 21.5. The number of rotatable bonds is 10. The highest BCUT2D eigenvalue weighted by Gasteiger charge is 2.33. The van der Waals surface area contributed by atoms with Crippen molar-refractivity contribution < 1.29 is 41.2 Å². The van der Waals surface area contributed by atoms with Gasteiger partial charge in [-0.2, -0.15) is 8.42 Å². The lowest BCUT2D eigenvalue weighted by Gasteiger charge is -2.37. The molecule has 0 radical (unpaired) electrons. The lowest BCUT2D eigenvalue weighted by molar-refractivity contribution is 0.00672. The molecule has 2 aromatic heterocycles. The predicted molar refractivity (Wildman–Crippen MR) is 240 cm³/mol. The third kappa shape index (κ3) is 20.1. The van der Waals surface area contributed by atoms with Crippen LogP contribution in [0.3, 0.4) is 0 Å². The lowest BCUT2D eigenvalue weighted by Crippen LogP contribution is -2.46. The Kier molecular flexibility index (Phi) is 20.1. The maximum absolute atomic E-state index is 12.3. The van der Waals surface area contributed by atoms with Gasteiger partial charge in [0.25, 0.3) is 10.1 Å². The number of amides is 3. The van der Waals surface area contributed by atoms with Crippen LogP contribution in [-0.2, 0) is 41.6 Å². The molecule has 0 aromatic carbocycles. The maximum Gasteiger partial charge on any atom is 0.410 e. The van der Waals surface area contributed by atoms with Crippen LogP contribution in [-0.4, -0.2) is 128 Å². The topological polar surface area (TPSA) is 168 Å². The molecule has 0 N–H and O–H groups in total. The summed E-state index contributed by atoms with van der Waals surface area (Å²) in [6.07, 6.45) is 19.9. The van der Waals surface area contributed by atoms with Crippen LogP contribution >= 0.6 is 0 Å². The van der Waals surface area contributed by atoms with Crippen molar-refractivity contribution in [3.63, 3.8) is 0 Å². The van der Waals surface area contributed by atoms with Gasteiger partial charge in [0.1, 0.15) is 16.8 Å². The average Bonchev–Trinajstić information content (AvgIpc) is 3.78. The number of likely N-dealkylation sites (tertiary alicyclic amines) is 3. The van der Waals surface area contributed by atoms with Gasteiger partial charge in [-0.3, -0.25) is 4.18 Å². The van der Waals surface area contributed by atoms with E-state index in [0.29, 0.717) is 13.0 Å². The summed E-state index contributed by atoms with van der Waals surface area (Å²) in [6.45, 7) is 25.2. The van der Waals surface area contributed by atoms with E-state index >= 15 is 0 Å². The van der Waals surface area contributed by atoms with Crippen LogP contribution in [0, 0.1) is 13.8 Å². The molecule has 3 unspecified atom stereocenters. The fourth-order valence-corrected chi connectivity index (χ4v) is 8.12. The summed E-state index contributed by atoms with van der Waals surface area (Å²) >= 11 is 0. The summed E-state index contributed by atoms with van der Waals surface area (Å²) in [6, 6.07) is 0.534. The molecule has 5 rings (SSSR count). The molecule has 62 heavy (non-hydrogen) atoms. The molecule has 3 amide bonds. The first-order valence-corrected chi connectivity index (χ1v) is 24.4. The fourth-order valence-electron chi connectivity index (χ4n) is 7.72. The molecule has 17 heteroatoms. The number of carbonyl (C=O) groups excluding carboxylic acids is 3. The Bertz CT molecular complexity index is 1790. The van der Waals surface area contributed by atoms with Crippen molar-refractivity contribution in [3.8, 4) is 0 Å². The van der Waals surface area contributed by atoms with Crippen molar-refractivity contribution in [2.75, 3.05) is 32.5 Å². The molecule has 0 bridgehead atoms. The number of imidazole rings is 2. The van der Waals surface area contributed by atoms with E-state index < -0.39 is 26.9 Å². The minimum absolute atomic E-state index is 0.0136. The van der Waals surface area contributed by atoms with E-state index in [1.54, 1.807) is 4.90 Å². The van der Waals surface area contributed by atoms with Gasteiger partial charge in [0.05, 0.1) is 31.2 Å². The first-order chi connectivity index (χ1) is 28.8. The van der Waals surface area contributed by atoms with E-state index in [2.05, 4.69) is 26.0 Å². The average molecular weight is 894 g/mol. The first-order valence-electron chi connectivity index (χ1n) is 22.6. The molecule has 3 fully saturated rings. The summed E-state index contributed by atoms with van der Waals surface area (Å²) in [5, 5.41) is 0. The summed E-state index contributed by atoms with van der Waals surface area (Å²) in [5.41, 5.74) is 0.806. The summed E-state index contributed by atoms with van der Waals surface area (Å²) in [7, 11) is -3.43. The van der Waals surface area contributed by atoms with Gasteiger partial charge in [-0.15, -0.1) is 0 Å². The van der Waals surface area contributed by atoms with Crippen molar-refractivity contribution >= 4 is 28.4 Å². The van der Waals surface area contributed by atoms with E-state index in [4.69, 9.17) is 18.4 Å². The minimum Gasteiger partial charge on any atom is -0.444 e. The Labute approximate surface area is 372 Å². The van der Waals surface area contributed by atoms with Crippen LogP contribution in [0.25, 0.3) is 0 Å². The van der Waals surface area contributed by atoms with E-state index in [0.717, 1.165) is 102 Å². The van der Waals surface area contributed by atoms with E-state index in [1.165, 1.54) is 12.8 Å². The zero-order valence-corrected chi connectivity index (χ0v) is 40.8. The largest absolute Gasteiger partial charge is 0.444 e. The molecule has 0 saturated carbocycles. The molecule has 0 spiro atoms. The van der Waals surface area contributed by atoms with Crippen LogP contribution in [0.4, 0.5) is 14.4 Å². The molecule has 5 heterocycles. The molecule has 16 nitrogen and oxygen atoms in total. The molecule has 354 valence electrons. The highest BCUT2D eigenvalue weighted by Crippen LogP contribution is 2.26. The SMILES string of the molecule is CC(C)(C)OC(=O)N1CCCCC1CCOS(C)(=O)=O.Cc1cn(CCC2CCCCN2C(=O)OC(C)(C)C)cn1.Cc1cncn1CCC1CCCCN1C(=O)OC(C)(C)C. The van der Waals surface area contributed by atoms with Crippen LogP contribution in [0.5, 0.6) is 0 Å². The summed E-state index contributed by atoms with van der Waals surface area (Å²) in [4.78, 5) is 50.7. The quantitative estimate of drug-likeness (QED) is 0.165. The normalized spacial score (nSPS) is 20.0. The van der Waals surface area contributed by atoms with Gasteiger partial charge in [-0.1, -0.05) is 0 Å².